The van der Waals surface area contributed by atoms with E-state index < -0.39 is 52.2 Å². The van der Waals surface area contributed by atoms with Crippen molar-refractivity contribution >= 4 is 29.3 Å². The number of carbonyl (C=O) groups is 1. The fraction of sp³-hybridized carbons (Fsp3) is 0.0833. The number of hydrogen-bond acceptors (Lipinski definition) is 4. The van der Waals surface area contributed by atoms with Gasteiger partial charge in [-0.25, -0.2) is 9.67 Å². The van der Waals surface area contributed by atoms with E-state index in [-0.39, 0.29) is 16.2 Å². The number of halogens is 7. The lowest BCUT2D eigenvalue weighted by Gasteiger charge is -2.12. The molecule has 4 aromatic rings. The third-order valence-corrected chi connectivity index (χ3v) is 5.32. The van der Waals surface area contributed by atoms with Crippen LogP contribution in [-0.4, -0.2) is 25.7 Å². The van der Waals surface area contributed by atoms with E-state index in [9.17, 15) is 31.1 Å². The molecule has 0 saturated carbocycles. The van der Waals surface area contributed by atoms with Gasteiger partial charge in [0.15, 0.2) is 11.6 Å². The van der Waals surface area contributed by atoms with Crippen LogP contribution in [0, 0.1) is 0 Å². The van der Waals surface area contributed by atoms with Gasteiger partial charge in [-0.15, -0.1) is 5.10 Å². The molecule has 0 bridgehead atoms. The van der Waals surface area contributed by atoms with Crippen molar-refractivity contribution in [3.63, 3.8) is 0 Å². The first kappa shape index (κ1) is 25.9. The maximum atomic E-state index is 13.8. The summed E-state index contributed by atoms with van der Waals surface area (Å²) in [6, 6.07) is 9.98. The summed E-state index contributed by atoms with van der Waals surface area (Å²) in [7, 11) is 0. The molecule has 2 aromatic carbocycles. The Labute approximate surface area is 210 Å². The second kappa shape index (κ2) is 9.69. The van der Waals surface area contributed by atoms with Crippen LogP contribution in [0.5, 0.6) is 0 Å². The molecule has 0 unspecified atom stereocenters. The van der Waals surface area contributed by atoms with E-state index >= 15 is 0 Å². The molecule has 0 aliphatic heterocycles. The molecule has 0 aliphatic rings. The first-order valence-corrected chi connectivity index (χ1v) is 10.7. The Morgan fingerprint density at radius 2 is 1.46 bits per heavy atom. The minimum atomic E-state index is -4.83. The van der Waals surface area contributed by atoms with Gasteiger partial charge in [-0.2, -0.15) is 26.3 Å². The summed E-state index contributed by atoms with van der Waals surface area (Å²) in [5.74, 6) is -2.02. The van der Waals surface area contributed by atoms with Crippen LogP contribution in [-0.2, 0) is 17.1 Å². The van der Waals surface area contributed by atoms with Crippen LogP contribution in [0.2, 0.25) is 5.02 Å². The van der Waals surface area contributed by atoms with Crippen molar-refractivity contribution in [3.05, 3.63) is 88.7 Å². The highest BCUT2D eigenvalue weighted by molar-refractivity contribution is 6.31. The Morgan fingerprint density at radius 1 is 0.892 bits per heavy atom. The molecule has 2 aromatic heterocycles. The van der Waals surface area contributed by atoms with E-state index in [1.807, 2.05) is 0 Å². The smallest absolute Gasteiger partial charge is 0.366 e. The average molecular weight is 538 g/mol. The molecule has 190 valence electrons. The van der Waals surface area contributed by atoms with Crippen molar-refractivity contribution in [1.29, 1.82) is 0 Å². The van der Waals surface area contributed by atoms with Crippen molar-refractivity contribution < 1.29 is 31.1 Å². The largest absolute Gasteiger partial charge is 0.417 e. The standard InChI is InChI=1S/C24H14ClF6N5O/c25-14-9-13(10-33-11-14)17(20(32)37)12-36-22(16-6-2-4-8-19(16)24(29,30)31)34-21(35-36)15-5-1-3-7-18(15)23(26,27)28/h1-12H,(H2,32,37)/b17-12+. The van der Waals surface area contributed by atoms with Crippen molar-refractivity contribution in [2.75, 3.05) is 0 Å². The van der Waals surface area contributed by atoms with E-state index in [0.29, 0.717) is 0 Å². The summed E-state index contributed by atoms with van der Waals surface area (Å²) in [6.07, 6.45) is -6.17. The van der Waals surface area contributed by atoms with Gasteiger partial charge < -0.3 is 5.73 Å². The number of rotatable bonds is 5. The number of carbonyl (C=O) groups excluding carboxylic acids is 1. The van der Waals surface area contributed by atoms with E-state index in [0.717, 1.165) is 47.3 Å². The Morgan fingerprint density at radius 3 is 2.03 bits per heavy atom. The summed E-state index contributed by atoms with van der Waals surface area (Å²) in [5, 5.41) is 4.16. The fourth-order valence-electron chi connectivity index (χ4n) is 3.52. The van der Waals surface area contributed by atoms with Gasteiger partial charge in [0.05, 0.1) is 21.7 Å². The SMILES string of the molecule is NC(=O)/C(=C/n1nc(-c2ccccc2C(F)(F)F)nc1-c1ccccc1C(F)(F)F)c1cncc(Cl)c1. The van der Waals surface area contributed by atoms with Crippen LogP contribution in [0.4, 0.5) is 26.3 Å². The van der Waals surface area contributed by atoms with Crippen LogP contribution in [0.3, 0.4) is 0 Å². The third-order valence-electron chi connectivity index (χ3n) is 5.11. The predicted molar refractivity (Wildman–Crippen MR) is 124 cm³/mol. The zero-order valence-electron chi connectivity index (χ0n) is 18.3. The summed E-state index contributed by atoms with van der Waals surface area (Å²) in [6.45, 7) is 0. The van der Waals surface area contributed by atoms with Gasteiger partial charge >= 0.3 is 12.4 Å². The number of nitrogens with two attached hydrogens (primary N) is 1. The fourth-order valence-corrected chi connectivity index (χ4v) is 3.70. The van der Waals surface area contributed by atoms with Crippen molar-refractivity contribution in [2.45, 2.75) is 12.4 Å². The van der Waals surface area contributed by atoms with Crippen LogP contribution in [0.15, 0.2) is 67.0 Å². The minimum absolute atomic E-state index is 0.0998. The van der Waals surface area contributed by atoms with Gasteiger partial charge in [-0.1, -0.05) is 48.0 Å². The van der Waals surface area contributed by atoms with Crippen molar-refractivity contribution in [3.8, 4) is 22.8 Å². The summed E-state index contributed by atoms with van der Waals surface area (Å²) < 4.78 is 83.1. The topological polar surface area (TPSA) is 86.7 Å². The quantitative estimate of drug-likeness (QED) is 0.243. The maximum Gasteiger partial charge on any atom is 0.417 e. The minimum Gasteiger partial charge on any atom is -0.366 e. The maximum absolute atomic E-state index is 13.8. The predicted octanol–water partition coefficient (Wildman–Crippen LogP) is 6.18. The highest BCUT2D eigenvalue weighted by Gasteiger charge is 2.37. The Bertz CT molecular complexity index is 1510. The number of nitrogens with zero attached hydrogens (tertiary/aromatic N) is 4. The second-order valence-electron chi connectivity index (χ2n) is 7.59. The average Bonchev–Trinajstić information content (AvgIpc) is 3.25. The van der Waals surface area contributed by atoms with Gasteiger partial charge in [-0.3, -0.25) is 9.78 Å². The van der Waals surface area contributed by atoms with E-state index in [2.05, 4.69) is 15.1 Å². The molecule has 6 nitrogen and oxygen atoms in total. The molecule has 13 heteroatoms. The van der Waals surface area contributed by atoms with Crippen LogP contribution in [0.1, 0.15) is 16.7 Å². The molecule has 0 atom stereocenters. The summed E-state index contributed by atoms with van der Waals surface area (Å²) >= 11 is 5.93. The first-order valence-electron chi connectivity index (χ1n) is 10.3. The lowest BCUT2D eigenvalue weighted by atomic mass is 10.1. The second-order valence-corrected chi connectivity index (χ2v) is 8.03. The van der Waals surface area contributed by atoms with Gasteiger partial charge in [0.2, 0.25) is 0 Å². The Kier molecular flexibility index (Phi) is 6.78. The third kappa shape index (κ3) is 5.48. The molecular formula is C24H14ClF6N5O. The molecule has 37 heavy (non-hydrogen) atoms. The molecular weight excluding hydrogens is 524 g/mol. The normalized spacial score (nSPS) is 12.6. The number of hydrogen-bond donors (Lipinski definition) is 1. The van der Waals surface area contributed by atoms with E-state index in [1.165, 1.54) is 30.6 Å². The highest BCUT2D eigenvalue weighted by atomic mass is 35.5. The van der Waals surface area contributed by atoms with Crippen LogP contribution in [0.25, 0.3) is 34.5 Å². The molecule has 2 N–H and O–H groups in total. The zero-order chi connectivity index (χ0) is 27.0. The molecule has 2 heterocycles. The lowest BCUT2D eigenvalue weighted by molar-refractivity contribution is -0.137. The van der Waals surface area contributed by atoms with Crippen molar-refractivity contribution in [2.24, 2.45) is 5.73 Å². The molecule has 0 fully saturated rings. The molecule has 0 saturated heterocycles. The van der Waals surface area contributed by atoms with Crippen LogP contribution >= 0.6 is 11.6 Å². The molecule has 0 spiro atoms. The van der Waals surface area contributed by atoms with Gasteiger partial charge in [0.25, 0.3) is 5.91 Å². The number of primary amides is 1. The van der Waals surface area contributed by atoms with Crippen LogP contribution < -0.4 is 5.73 Å². The monoisotopic (exact) mass is 537 g/mol. The first-order chi connectivity index (χ1) is 17.4. The number of benzene rings is 2. The van der Waals surface area contributed by atoms with Gasteiger partial charge in [0.1, 0.15) is 0 Å². The number of pyridine rings is 1. The van der Waals surface area contributed by atoms with Gasteiger partial charge in [0, 0.05) is 35.3 Å². The van der Waals surface area contributed by atoms with E-state index in [4.69, 9.17) is 17.3 Å². The van der Waals surface area contributed by atoms with E-state index in [1.54, 1.807) is 0 Å². The Balaban J connectivity index is 2.03. The number of alkyl halides is 6. The molecule has 0 radical (unpaired) electrons. The zero-order valence-corrected chi connectivity index (χ0v) is 19.1. The van der Waals surface area contributed by atoms with Gasteiger partial charge in [-0.05, 0) is 18.2 Å². The van der Waals surface area contributed by atoms with Crippen molar-refractivity contribution in [1.82, 2.24) is 19.7 Å². The summed E-state index contributed by atoms with van der Waals surface area (Å²) in [5.41, 5.74) is 2.14. The Hall–Kier alpha value is -4.19. The molecule has 0 aliphatic carbocycles. The highest BCUT2D eigenvalue weighted by Crippen LogP contribution is 2.39. The molecule has 4 rings (SSSR count). The lowest BCUT2D eigenvalue weighted by Crippen LogP contribution is -2.14. The summed E-state index contributed by atoms with van der Waals surface area (Å²) in [4.78, 5) is 20.1. The number of amides is 1. The molecule has 1 amide bonds. The number of aromatic nitrogens is 4.